The molecule has 4 aliphatic rings. The monoisotopic (exact) mass is 575 g/mol. The van der Waals surface area contributed by atoms with E-state index in [4.69, 9.17) is 9.57 Å². The van der Waals surface area contributed by atoms with Gasteiger partial charge in [0.1, 0.15) is 0 Å². The minimum absolute atomic E-state index is 0.0280. The van der Waals surface area contributed by atoms with E-state index >= 15 is 0 Å². The number of para-hydroxylation sites is 1. The first kappa shape index (κ1) is 23.6. The molecular formula is C29H25N3O5Se. The van der Waals surface area contributed by atoms with Crippen LogP contribution in [0.3, 0.4) is 0 Å². The third kappa shape index (κ3) is 3.39. The van der Waals surface area contributed by atoms with Crippen molar-refractivity contribution in [3.05, 3.63) is 84.9 Å². The number of methoxy groups -OCH3 is 1. The van der Waals surface area contributed by atoms with E-state index in [1.807, 2.05) is 53.6 Å². The molecule has 4 fully saturated rings. The Morgan fingerprint density at radius 3 is 2.13 bits per heavy atom. The van der Waals surface area contributed by atoms with Crippen molar-refractivity contribution < 1.29 is 24.0 Å². The van der Waals surface area contributed by atoms with Crippen LogP contribution in [0.2, 0.25) is 5.32 Å². The summed E-state index contributed by atoms with van der Waals surface area (Å²) in [6, 6.07) is 25.7. The van der Waals surface area contributed by atoms with Crippen molar-refractivity contribution in [2.75, 3.05) is 16.9 Å². The van der Waals surface area contributed by atoms with Crippen molar-refractivity contribution in [1.82, 2.24) is 5.06 Å². The second-order valence-electron chi connectivity index (χ2n) is 9.86. The van der Waals surface area contributed by atoms with Crippen LogP contribution < -0.4 is 19.0 Å². The Morgan fingerprint density at radius 1 is 0.763 bits per heavy atom. The van der Waals surface area contributed by atoms with E-state index in [-0.39, 0.29) is 50.7 Å². The molecule has 0 saturated carbocycles. The summed E-state index contributed by atoms with van der Waals surface area (Å²) < 4.78 is 6.53. The molecule has 7 rings (SSSR count). The van der Waals surface area contributed by atoms with E-state index < -0.39 is 18.1 Å². The molecule has 0 aliphatic carbocycles. The van der Waals surface area contributed by atoms with Gasteiger partial charge in [-0.05, 0) is 0 Å². The molecule has 3 aromatic carbocycles. The number of fused-ring (bicyclic) bond motifs is 5. The number of anilines is 2. The molecule has 6 atom stereocenters. The van der Waals surface area contributed by atoms with Crippen molar-refractivity contribution in [1.29, 1.82) is 0 Å². The van der Waals surface area contributed by atoms with Gasteiger partial charge in [0.2, 0.25) is 0 Å². The van der Waals surface area contributed by atoms with Crippen LogP contribution in [-0.2, 0) is 19.2 Å². The van der Waals surface area contributed by atoms with Crippen molar-refractivity contribution in [2.24, 2.45) is 11.8 Å². The van der Waals surface area contributed by atoms with E-state index in [2.05, 4.69) is 12.1 Å². The molecule has 0 N–H and O–H groups in total. The number of carbonyl (C=O) groups is 3. The van der Waals surface area contributed by atoms with Gasteiger partial charge in [0.25, 0.3) is 0 Å². The molecule has 9 heteroatoms. The Bertz CT molecular complexity index is 1400. The maximum absolute atomic E-state index is 13.8. The molecule has 8 nitrogen and oxygen atoms in total. The zero-order valence-electron chi connectivity index (χ0n) is 20.5. The number of amides is 3. The summed E-state index contributed by atoms with van der Waals surface area (Å²) in [7, 11) is 1.60. The molecule has 0 bridgehead atoms. The summed E-state index contributed by atoms with van der Waals surface area (Å²) in [6.07, 6.45) is -0.881. The number of carbonyl (C=O) groups excluding carboxylic acids is 3. The average molecular weight is 574 g/mol. The zero-order valence-corrected chi connectivity index (χ0v) is 22.3. The number of hydroxylamine groups is 2. The molecule has 0 unspecified atom stereocenters. The van der Waals surface area contributed by atoms with E-state index in [0.29, 0.717) is 11.4 Å². The number of hydrogen-bond acceptors (Lipinski definition) is 6. The number of hydrogen-bond donors (Lipinski definition) is 0. The topological polar surface area (TPSA) is 79.4 Å². The van der Waals surface area contributed by atoms with Crippen molar-refractivity contribution in [2.45, 2.75) is 29.5 Å². The Hall–Kier alpha value is -3.49. The first-order valence-corrected chi connectivity index (χ1v) is 14.7. The summed E-state index contributed by atoms with van der Waals surface area (Å²) in [6.45, 7) is 0. The molecule has 4 aliphatic heterocycles. The fraction of sp³-hybridized carbons (Fsp3) is 0.276. The fourth-order valence-corrected chi connectivity index (χ4v) is 8.56. The van der Waals surface area contributed by atoms with Gasteiger partial charge in [-0.15, -0.1) is 0 Å². The van der Waals surface area contributed by atoms with Crippen LogP contribution in [0, 0.1) is 11.8 Å². The molecular weight excluding hydrogens is 549 g/mol. The molecule has 3 amide bonds. The predicted octanol–water partition coefficient (Wildman–Crippen LogP) is 2.03. The van der Waals surface area contributed by atoms with Crippen LogP contribution in [0.5, 0.6) is 5.75 Å². The van der Waals surface area contributed by atoms with Crippen molar-refractivity contribution >= 4 is 48.5 Å². The van der Waals surface area contributed by atoms with Gasteiger partial charge in [0.05, 0.1) is 0 Å². The van der Waals surface area contributed by atoms with Crippen LogP contribution >= 0.6 is 0 Å². The number of benzene rings is 3. The Morgan fingerprint density at radius 2 is 1.45 bits per heavy atom. The van der Waals surface area contributed by atoms with Gasteiger partial charge in [-0.25, -0.2) is 0 Å². The first-order chi connectivity index (χ1) is 18.6. The first-order valence-electron chi connectivity index (χ1n) is 12.6. The van der Waals surface area contributed by atoms with Crippen molar-refractivity contribution in [3.8, 4) is 5.75 Å². The molecule has 0 aromatic heterocycles. The average Bonchev–Trinajstić information content (AvgIpc) is 3.54. The number of ether oxygens (including phenoxy) is 1. The molecule has 38 heavy (non-hydrogen) atoms. The van der Waals surface area contributed by atoms with Gasteiger partial charge in [0.15, 0.2) is 0 Å². The van der Waals surface area contributed by atoms with Crippen LogP contribution in [0.4, 0.5) is 11.4 Å². The maximum atomic E-state index is 13.8. The Kier molecular flexibility index (Phi) is 5.63. The molecule has 192 valence electrons. The van der Waals surface area contributed by atoms with Crippen LogP contribution in [-0.4, -0.2) is 69.1 Å². The number of β-lactam (4-membered cyclic amide) rings is 1. The third-order valence-corrected chi connectivity index (χ3v) is 10.3. The summed E-state index contributed by atoms with van der Waals surface area (Å²) in [5.41, 5.74) is 1.30. The van der Waals surface area contributed by atoms with E-state index in [0.717, 1.165) is 11.0 Å². The summed E-state index contributed by atoms with van der Waals surface area (Å²) in [5, 5.41) is 2.59. The second kappa shape index (κ2) is 9.06. The van der Waals surface area contributed by atoms with Gasteiger partial charge in [-0.1, -0.05) is 0 Å². The van der Waals surface area contributed by atoms with Crippen LogP contribution in [0.15, 0.2) is 84.9 Å². The van der Waals surface area contributed by atoms with Crippen LogP contribution in [0.1, 0.15) is 0 Å². The predicted molar refractivity (Wildman–Crippen MR) is 141 cm³/mol. The van der Waals surface area contributed by atoms with Gasteiger partial charge in [-0.2, -0.15) is 0 Å². The molecule has 4 saturated heterocycles. The quantitative estimate of drug-likeness (QED) is 0.255. The molecule has 3 aromatic rings. The Balaban J connectivity index is 1.24. The minimum atomic E-state index is -0.881. The summed E-state index contributed by atoms with van der Waals surface area (Å²) in [5.74, 6) is -0.832. The normalized spacial score (nSPS) is 29.8. The second-order valence-corrected chi connectivity index (χ2v) is 12.2. The Labute approximate surface area is 226 Å². The number of imide groups is 1. The fourth-order valence-electron chi connectivity index (χ4n) is 6.32. The van der Waals surface area contributed by atoms with Gasteiger partial charge >= 0.3 is 227 Å². The van der Waals surface area contributed by atoms with E-state index in [9.17, 15) is 14.4 Å². The van der Waals surface area contributed by atoms with Crippen LogP contribution in [0.25, 0.3) is 0 Å². The van der Waals surface area contributed by atoms with E-state index in [1.54, 1.807) is 36.3 Å². The van der Waals surface area contributed by atoms with Gasteiger partial charge < -0.3 is 0 Å². The summed E-state index contributed by atoms with van der Waals surface area (Å²) >= 11 is 0.108. The molecule has 4 heterocycles. The summed E-state index contributed by atoms with van der Waals surface area (Å²) in [4.78, 5) is 50.3. The van der Waals surface area contributed by atoms with Crippen molar-refractivity contribution in [3.63, 3.8) is 0 Å². The number of nitrogens with zero attached hydrogens (tertiary/aromatic N) is 3. The van der Waals surface area contributed by atoms with Gasteiger partial charge in [0, 0.05) is 0 Å². The van der Waals surface area contributed by atoms with E-state index in [1.165, 1.54) is 9.36 Å². The zero-order chi connectivity index (χ0) is 26.0. The molecule has 0 spiro atoms. The van der Waals surface area contributed by atoms with Gasteiger partial charge in [-0.3, -0.25) is 0 Å². The standard InChI is InChI=1S/C29H25N3O5Se/c1-36-19-14-12-18(13-15-19)30-24-22(27(30)33)21(16-38-20-10-6-3-7-11-20)32-25(24)23-26(37-32)29(35)31(28(23)34)17-8-4-2-5-9-17/h2-15,21-26H,16H2,1H3/t21-,22-,23+,24-,25-,26-/m0/s1. The third-order valence-electron chi connectivity index (χ3n) is 8.00. The molecule has 0 radical (unpaired) electrons. The SMILES string of the molecule is COc1ccc(N2C(=O)[C@@H]3[C@H]2[C@@H]2[C@H]4C(=O)N(c5ccccc5)C(=O)[C@H]4ON2[C@H]3C[Se]c2ccccc2)cc1. The number of rotatable bonds is 6.